The van der Waals surface area contributed by atoms with E-state index in [2.05, 4.69) is 37.2 Å². The number of hydrogen-bond donors (Lipinski definition) is 4. The molecule has 0 aliphatic carbocycles. The van der Waals surface area contributed by atoms with Gasteiger partial charge in [0.15, 0.2) is 12.2 Å². The number of anilines is 4. The molecular weight excluding hydrogens is 1530 g/mol. The molecule has 0 aromatic heterocycles. The van der Waals surface area contributed by atoms with Crippen LogP contribution in [0.3, 0.4) is 0 Å². The highest BCUT2D eigenvalue weighted by molar-refractivity contribution is 6.33. The number of nitrogens with one attached hydrogen (secondary N) is 2. The molecule has 34 heteroatoms. The van der Waals surface area contributed by atoms with Gasteiger partial charge in [-0.2, -0.15) is 26.3 Å². The van der Waals surface area contributed by atoms with Crippen molar-refractivity contribution in [3.8, 4) is 0 Å². The van der Waals surface area contributed by atoms with E-state index in [1.807, 2.05) is 55.5 Å². The SMILES string of the molecule is CCCCCCOC(=O)CN1CC[C@@H](N2CCN(C(=O)[C@@H](Cc3cc(Cl)c(N)c(C(F)(F)F)c3)OC(=O)N3CCC(N4CCc5ccccc5NC4=O)CC3)CC2)C1.CCCCOC(=O)CN1CC[C@@H](N2CCN(C(=O)[C@@H](Cc3cc(Cl)c(N)c(C(F)(F)F)c3)OC(=O)N3CCC(N4CCc5ccccc5NC4=O)CC3)CC2)C1. The molecule has 6 fully saturated rings. The number of nitrogens with two attached hydrogens (primary N) is 2. The van der Waals surface area contributed by atoms with Crippen molar-refractivity contribution in [3.63, 3.8) is 0 Å². The summed E-state index contributed by atoms with van der Waals surface area (Å²) in [5.41, 5.74) is 11.6. The zero-order valence-electron chi connectivity index (χ0n) is 64.8. The van der Waals surface area contributed by atoms with Crippen LogP contribution in [0.25, 0.3) is 0 Å². The van der Waals surface area contributed by atoms with E-state index in [0.29, 0.717) is 130 Å². The first-order valence-corrected chi connectivity index (χ1v) is 40.7. The van der Waals surface area contributed by atoms with Gasteiger partial charge in [-0.25, -0.2) is 19.2 Å². The first kappa shape index (κ1) is 86.3. The summed E-state index contributed by atoms with van der Waals surface area (Å²) < 4.78 is 106. The molecule has 26 nitrogen and oxygen atoms in total. The number of halogens is 8. The zero-order chi connectivity index (χ0) is 81.4. The summed E-state index contributed by atoms with van der Waals surface area (Å²) in [4.78, 5) is 125. The maximum absolute atomic E-state index is 14.1. The van der Waals surface area contributed by atoms with Crippen LogP contribution in [0.15, 0.2) is 72.8 Å². The lowest BCUT2D eigenvalue weighted by Crippen LogP contribution is -2.55. The number of nitrogens with zero attached hydrogens (tertiary/aromatic N) is 10. The Morgan fingerprint density at radius 2 is 0.851 bits per heavy atom. The summed E-state index contributed by atoms with van der Waals surface area (Å²) in [6, 6.07) is 19.3. The average molecular weight is 1640 g/mol. The Kier molecular flexibility index (Phi) is 30.2. The Morgan fingerprint density at radius 1 is 0.474 bits per heavy atom. The molecule has 4 atom stereocenters. The lowest BCUT2D eigenvalue weighted by atomic mass is 10.0. The quantitative estimate of drug-likeness (QED) is 0.0167. The predicted octanol–water partition coefficient (Wildman–Crippen LogP) is 11.0. The molecule has 4 aromatic carbocycles. The van der Waals surface area contributed by atoms with Gasteiger partial charge in [0, 0.05) is 166 Å². The van der Waals surface area contributed by atoms with Crippen LogP contribution in [0.2, 0.25) is 10.0 Å². The van der Waals surface area contributed by atoms with E-state index in [-0.39, 0.29) is 121 Å². The first-order valence-electron chi connectivity index (χ1n) is 39.9. The van der Waals surface area contributed by atoms with Gasteiger partial charge in [-0.3, -0.25) is 38.8 Å². The van der Waals surface area contributed by atoms with Crippen LogP contribution in [0, 0.1) is 0 Å². The molecule has 114 heavy (non-hydrogen) atoms. The van der Waals surface area contributed by atoms with Crippen LogP contribution in [0.5, 0.6) is 0 Å². The lowest BCUT2D eigenvalue weighted by Gasteiger charge is -2.40. The lowest BCUT2D eigenvalue weighted by molar-refractivity contribution is -0.145. The number of piperidine rings is 2. The zero-order valence-corrected chi connectivity index (χ0v) is 66.3. The van der Waals surface area contributed by atoms with Crippen molar-refractivity contribution in [1.29, 1.82) is 0 Å². The van der Waals surface area contributed by atoms with E-state index in [9.17, 15) is 64.7 Å². The second kappa shape index (κ2) is 39.9. The van der Waals surface area contributed by atoms with Gasteiger partial charge < -0.3 is 70.4 Å². The molecular formula is C80H106Cl2F6N14O12. The Hall–Kier alpha value is -8.56. The summed E-state index contributed by atoms with van der Waals surface area (Å²) in [5, 5.41) is 5.34. The summed E-state index contributed by atoms with van der Waals surface area (Å²) in [6.07, 6.45) is -3.68. The highest BCUT2D eigenvalue weighted by Gasteiger charge is 2.43. The van der Waals surface area contributed by atoms with Crippen LogP contribution in [-0.4, -0.2) is 277 Å². The van der Waals surface area contributed by atoms with Gasteiger partial charge in [0.2, 0.25) is 0 Å². The Bertz CT molecular complexity index is 4010. The minimum Gasteiger partial charge on any atom is -0.465 e. The van der Waals surface area contributed by atoms with Gasteiger partial charge in [0.05, 0.1) is 58.9 Å². The highest BCUT2D eigenvalue weighted by Crippen LogP contribution is 2.41. The molecule has 8 aliphatic heterocycles. The normalized spacial score (nSPS) is 20.5. The molecule has 624 valence electrons. The van der Waals surface area contributed by atoms with Gasteiger partial charge in [-0.1, -0.05) is 99.1 Å². The number of carbonyl (C=O) groups excluding carboxylic acids is 8. The molecule has 8 amide bonds. The van der Waals surface area contributed by atoms with E-state index in [0.717, 1.165) is 99.1 Å². The Morgan fingerprint density at radius 3 is 1.24 bits per heavy atom. The molecule has 0 unspecified atom stereocenters. The van der Waals surface area contributed by atoms with Crippen LogP contribution in [0.1, 0.15) is 124 Å². The van der Waals surface area contributed by atoms with Crippen LogP contribution in [-0.2, 0) is 76.2 Å². The fraction of sp³-hybridized carbons (Fsp3) is 0.600. The topological polar surface area (TPSA) is 282 Å². The fourth-order valence-corrected chi connectivity index (χ4v) is 16.9. The molecule has 8 aliphatic rings. The number of likely N-dealkylation sites (tertiary alicyclic amines) is 4. The second-order valence-electron chi connectivity index (χ2n) is 30.7. The molecule has 6 N–H and O–H groups in total. The van der Waals surface area contributed by atoms with Gasteiger partial charge in [-0.15, -0.1) is 0 Å². The monoisotopic (exact) mass is 1640 g/mol. The maximum atomic E-state index is 14.1. The van der Waals surface area contributed by atoms with Gasteiger partial charge >= 0.3 is 48.5 Å². The largest absolute Gasteiger partial charge is 0.465 e. The number of piperazine rings is 2. The van der Waals surface area contributed by atoms with Crippen LogP contribution < -0.4 is 22.1 Å². The number of rotatable bonds is 24. The minimum absolute atomic E-state index is 0.0486. The number of amides is 8. The molecule has 8 heterocycles. The smallest absolute Gasteiger partial charge is 0.418 e. The number of esters is 2. The third-order valence-corrected chi connectivity index (χ3v) is 23.6. The summed E-state index contributed by atoms with van der Waals surface area (Å²) in [5.74, 6) is -1.49. The number of carbonyl (C=O) groups is 8. The van der Waals surface area contributed by atoms with E-state index in [1.54, 1.807) is 19.6 Å². The van der Waals surface area contributed by atoms with Crippen molar-refractivity contribution >= 4 is 94.0 Å². The summed E-state index contributed by atoms with van der Waals surface area (Å²) in [7, 11) is 0. The predicted molar refractivity (Wildman–Crippen MR) is 418 cm³/mol. The summed E-state index contributed by atoms with van der Waals surface area (Å²) in [6.45, 7) is 14.0. The van der Waals surface area contributed by atoms with Crippen molar-refractivity contribution in [2.24, 2.45) is 0 Å². The van der Waals surface area contributed by atoms with Crippen molar-refractivity contribution in [3.05, 3.63) is 116 Å². The minimum atomic E-state index is -4.79. The van der Waals surface area contributed by atoms with E-state index in [1.165, 1.54) is 21.9 Å². The van der Waals surface area contributed by atoms with Crippen molar-refractivity contribution in [1.82, 2.24) is 49.0 Å². The third-order valence-electron chi connectivity index (χ3n) is 23.0. The van der Waals surface area contributed by atoms with Gasteiger partial charge in [0.25, 0.3) is 11.8 Å². The van der Waals surface area contributed by atoms with E-state index in [4.69, 9.17) is 53.6 Å². The van der Waals surface area contributed by atoms with E-state index >= 15 is 0 Å². The molecule has 4 aromatic rings. The first-order chi connectivity index (χ1) is 54.6. The number of para-hydroxylation sites is 2. The number of hydrogen-bond acceptors (Lipinski definition) is 18. The van der Waals surface area contributed by atoms with Gasteiger partial charge in [0.1, 0.15) is 0 Å². The summed E-state index contributed by atoms with van der Waals surface area (Å²) >= 11 is 12.3. The van der Waals surface area contributed by atoms with E-state index < -0.39 is 71.1 Å². The number of unbranched alkanes of at least 4 members (excludes halogenated alkanes) is 4. The van der Waals surface area contributed by atoms with Crippen molar-refractivity contribution in [2.45, 2.75) is 165 Å². The molecule has 0 radical (unpaired) electrons. The number of ether oxygens (including phenoxy) is 4. The Balaban J connectivity index is 0.000000225. The third kappa shape index (κ3) is 23.0. The van der Waals surface area contributed by atoms with Crippen LogP contribution in [0.4, 0.5) is 68.3 Å². The molecule has 0 saturated carbocycles. The number of fused-ring (bicyclic) bond motifs is 2. The molecule has 6 saturated heterocycles. The van der Waals surface area contributed by atoms with Crippen molar-refractivity contribution in [2.75, 3.05) is 166 Å². The highest BCUT2D eigenvalue weighted by atomic mass is 35.5. The standard InChI is InChI=1S/C41H55ClF3N7O6.C39H51ClF3N7O6/c1-2-3-4-7-22-57-36(53)27-48-14-11-31(26-48)49-18-20-50(21-19-49)38(54)35(25-28-23-32(41(43,44)45)37(46)33(42)24-28)58-40(56)51-15-12-30(13-16-51)52-17-10-29-8-5-6-9-34(29)47-39(52)55;1-2-3-20-55-34(51)25-46-12-9-29(24-46)47-16-18-48(19-17-47)36(52)33(23-26-21-30(39(41,42)43)35(44)31(40)22-26)56-38(54)49-13-10-28(11-14-49)50-15-8-27-6-4-5-7-32(27)45-37(50)53/h5-6,8-9,23-24,30-31,35H,2-4,7,10-22,25-27,46H2,1H3,(H,47,55);4-7,21-22,28-29,33H,2-3,8-20,23-25,44H2,1H3,(H,45,53)/t31-,35-;29-,33-/m11/s1. The second-order valence-corrected chi connectivity index (χ2v) is 31.5. The molecule has 0 bridgehead atoms. The number of urea groups is 2. The molecule has 0 spiro atoms. The Labute approximate surface area is 671 Å². The van der Waals surface area contributed by atoms with Crippen molar-refractivity contribution < 1.29 is 83.6 Å². The maximum Gasteiger partial charge on any atom is 0.418 e. The average Bonchev–Trinajstić information content (AvgIpc) is 1.23. The van der Waals surface area contributed by atoms with Gasteiger partial charge in [-0.05, 0) is 123 Å². The molecule has 12 rings (SSSR count). The fourth-order valence-electron chi connectivity index (χ4n) is 16.5. The number of nitrogen functional groups attached to an aromatic ring is 2. The number of alkyl halides is 6. The van der Waals surface area contributed by atoms with Crippen LogP contribution >= 0.6 is 23.2 Å². The number of benzene rings is 4.